The predicted octanol–water partition coefficient (Wildman–Crippen LogP) is 4.78. The molecule has 0 aromatic heterocycles. The topological polar surface area (TPSA) is 105 Å². The molecule has 1 aliphatic carbocycles. The third kappa shape index (κ3) is 4.47. The van der Waals surface area contributed by atoms with Crippen molar-refractivity contribution in [3.63, 3.8) is 0 Å². The van der Waals surface area contributed by atoms with Crippen LogP contribution in [0.1, 0.15) is 40.7 Å². The fourth-order valence-corrected chi connectivity index (χ4v) is 4.12. The highest BCUT2D eigenvalue weighted by Crippen LogP contribution is 2.44. The van der Waals surface area contributed by atoms with Crippen molar-refractivity contribution in [2.24, 2.45) is 0 Å². The number of hydrogen-bond donors (Lipinski definition) is 3. The Balaban J connectivity index is 1.45. The average molecular weight is 462 g/mol. The fraction of sp³-hybridized carbons (Fsp3) is 0.192. The molecule has 3 aromatic rings. The summed E-state index contributed by atoms with van der Waals surface area (Å²) in [4.78, 5) is 36.0. The van der Waals surface area contributed by atoms with Gasteiger partial charge in [0.2, 0.25) is 0 Å². The van der Waals surface area contributed by atoms with Crippen LogP contribution in [0.5, 0.6) is 0 Å². The van der Waals surface area contributed by atoms with Crippen molar-refractivity contribution < 1.29 is 28.6 Å². The smallest absolute Gasteiger partial charge is 0.411 e. The molecule has 34 heavy (non-hydrogen) atoms. The van der Waals surface area contributed by atoms with Crippen LogP contribution in [0.25, 0.3) is 11.1 Å². The zero-order chi connectivity index (χ0) is 24.2. The van der Waals surface area contributed by atoms with Crippen molar-refractivity contribution in [2.45, 2.75) is 25.3 Å². The number of carbonyl (C=O) groups is 3. The first-order valence-corrected chi connectivity index (χ1v) is 10.8. The first kappa shape index (κ1) is 23.0. The normalized spacial score (nSPS) is 12.9. The van der Waals surface area contributed by atoms with Gasteiger partial charge < -0.3 is 15.2 Å². The maximum Gasteiger partial charge on any atom is 0.411 e. The van der Waals surface area contributed by atoms with Crippen LogP contribution in [0.2, 0.25) is 0 Å². The molecule has 7 nitrogen and oxygen atoms in total. The summed E-state index contributed by atoms with van der Waals surface area (Å²) in [5, 5.41) is 13.7. The van der Waals surface area contributed by atoms with Crippen molar-refractivity contribution in [1.29, 1.82) is 0 Å². The third-order valence-corrected chi connectivity index (χ3v) is 5.84. The number of nitrogens with one attached hydrogen (secondary N) is 2. The number of carbonyl (C=O) groups excluding carboxylic acids is 2. The van der Waals surface area contributed by atoms with E-state index in [0.717, 1.165) is 22.3 Å². The number of benzene rings is 3. The van der Waals surface area contributed by atoms with E-state index >= 15 is 0 Å². The van der Waals surface area contributed by atoms with E-state index in [4.69, 9.17) is 9.84 Å². The Bertz CT molecular complexity index is 1210. The summed E-state index contributed by atoms with van der Waals surface area (Å²) in [6.45, 7) is 1.64. The number of aliphatic carboxylic acids is 1. The van der Waals surface area contributed by atoms with Crippen LogP contribution in [0, 0.1) is 5.82 Å². The fourth-order valence-electron chi connectivity index (χ4n) is 4.12. The van der Waals surface area contributed by atoms with Crippen molar-refractivity contribution in [3.8, 4) is 11.1 Å². The minimum Gasteiger partial charge on any atom is -0.480 e. The van der Waals surface area contributed by atoms with Gasteiger partial charge in [-0.3, -0.25) is 10.1 Å². The molecular formula is C26H23FN2O5. The van der Waals surface area contributed by atoms with Crippen LogP contribution in [0.15, 0.2) is 66.7 Å². The van der Waals surface area contributed by atoms with Crippen molar-refractivity contribution in [1.82, 2.24) is 5.32 Å². The van der Waals surface area contributed by atoms with Crippen molar-refractivity contribution in [3.05, 3.63) is 89.2 Å². The van der Waals surface area contributed by atoms with Gasteiger partial charge in [-0.2, -0.15) is 0 Å². The Morgan fingerprint density at radius 2 is 1.59 bits per heavy atom. The Hall–Kier alpha value is -4.20. The van der Waals surface area contributed by atoms with E-state index in [-0.39, 0.29) is 30.2 Å². The summed E-state index contributed by atoms with van der Waals surface area (Å²) in [6.07, 6.45) is -0.726. The van der Waals surface area contributed by atoms with Gasteiger partial charge in [-0.25, -0.2) is 14.0 Å². The maximum absolute atomic E-state index is 14.9. The van der Waals surface area contributed by atoms with Crippen LogP contribution in [0.3, 0.4) is 0 Å². The average Bonchev–Trinajstić information content (AvgIpc) is 3.16. The Morgan fingerprint density at radius 3 is 2.18 bits per heavy atom. The molecule has 1 unspecified atom stereocenters. The van der Waals surface area contributed by atoms with E-state index in [9.17, 15) is 18.8 Å². The molecular weight excluding hydrogens is 439 g/mol. The minimum absolute atomic E-state index is 0.0540. The largest absolute Gasteiger partial charge is 0.480 e. The summed E-state index contributed by atoms with van der Waals surface area (Å²) >= 11 is 0. The number of amides is 2. The molecule has 3 aromatic carbocycles. The van der Waals surface area contributed by atoms with Crippen molar-refractivity contribution >= 4 is 23.7 Å². The number of rotatable bonds is 7. The Labute approximate surface area is 195 Å². The van der Waals surface area contributed by atoms with E-state index in [0.29, 0.717) is 0 Å². The minimum atomic E-state index is -1.22. The Kier molecular flexibility index (Phi) is 6.58. The molecule has 0 aliphatic heterocycles. The first-order chi connectivity index (χ1) is 16.4. The van der Waals surface area contributed by atoms with E-state index in [1.165, 1.54) is 18.2 Å². The highest BCUT2D eigenvalue weighted by atomic mass is 19.1. The molecule has 0 spiro atoms. The number of hydrogen-bond acceptors (Lipinski definition) is 4. The van der Waals surface area contributed by atoms with E-state index < -0.39 is 29.8 Å². The van der Waals surface area contributed by atoms with Gasteiger partial charge in [0.25, 0.3) is 5.91 Å². The van der Waals surface area contributed by atoms with Crippen LogP contribution in [-0.4, -0.2) is 35.7 Å². The predicted molar refractivity (Wildman–Crippen MR) is 124 cm³/mol. The first-order valence-electron chi connectivity index (χ1n) is 10.8. The zero-order valence-electron chi connectivity index (χ0n) is 18.4. The van der Waals surface area contributed by atoms with Gasteiger partial charge in [-0.1, -0.05) is 61.5 Å². The second-order valence-corrected chi connectivity index (χ2v) is 7.89. The van der Waals surface area contributed by atoms with Gasteiger partial charge in [0.1, 0.15) is 12.6 Å². The molecule has 4 rings (SSSR count). The third-order valence-electron chi connectivity index (χ3n) is 5.84. The van der Waals surface area contributed by atoms with Gasteiger partial charge >= 0.3 is 12.1 Å². The Morgan fingerprint density at radius 1 is 0.971 bits per heavy atom. The number of ether oxygens (including phenoxy) is 1. The number of carboxylic acids is 1. The molecule has 2 amide bonds. The number of anilines is 1. The quantitative estimate of drug-likeness (QED) is 0.469. The zero-order valence-corrected chi connectivity index (χ0v) is 18.4. The van der Waals surface area contributed by atoms with Gasteiger partial charge in [0.05, 0.1) is 11.3 Å². The molecule has 1 aliphatic rings. The number of carboxylic acid groups (broad SMARTS) is 1. The second-order valence-electron chi connectivity index (χ2n) is 7.89. The summed E-state index contributed by atoms with van der Waals surface area (Å²) in [5.74, 6) is -3.23. The SMILES string of the molecule is CCC(NC(=O)c1cccc(NC(=O)OCC2c3ccccc3-c3ccccc32)c1F)C(=O)O. The molecule has 0 bridgehead atoms. The van der Waals surface area contributed by atoms with Crippen LogP contribution in [-0.2, 0) is 9.53 Å². The van der Waals surface area contributed by atoms with Crippen LogP contribution >= 0.6 is 0 Å². The van der Waals surface area contributed by atoms with Gasteiger partial charge in [-0.15, -0.1) is 0 Å². The molecule has 0 saturated carbocycles. The second kappa shape index (κ2) is 9.74. The molecule has 0 fully saturated rings. The summed E-state index contributed by atoms with van der Waals surface area (Å²) in [6, 6.07) is 18.5. The standard InChI is InChI=1S/C26H23FN2O5/c1-2-21(25(31)32)28-24(30)19-12-7-13-22(23(19)27)29-26(33)34-14-20-17-10-5-3-8-15(17)16-9-4-6-11-18(16)20/h3-13,20-21H,2,14H2,1H3,(H,28,30)(H,29,33)(H,31,32). The maximum atomic E-state index is 14.9. The van der Waals surface area contributed by atoms with Crippen LogP contribution in [0.4, 0.5) is 14.9 Å². The summed E-state index contributed by atoms with van der Waals surface area (Å²) < 4.78 is 20.3. The van der Waals surface area contributed by atoms with E-state index in [2.05, 4.69) is 10.6 Å². The lowest BCUT2D eigenvalue weighted by molar-refractivity contribution is -0.139. The van der Waals surface area contributed by atoms with Gasteiger partial charge in [0, 0.05) is 5.92 Å². The molecule has 0 radical (unpaired) electrons. The molecule has 0 saturated heterocycles. The monoisotopic (exact) mass is 462 g/mol. The number of halogens is 1. The number of fused-ring (bicyclic) bond motifs is 3. The van der Waals surface area contributed by atoms with E-state index in [1.54, 1.807) is 6.92 Å². The molecule has 0 heterocycles. The van der Waals surface area contributed by atoms with Crippen molar-refractivity contribution in [2.75, 3.05) is 11.9 Å². The highest BCUT2D eigenvalue weighted by molar-refractivity contribution is 5.98. The summed E-state index contributed by atoms with van der Waals surface area (Å²) in [5.41, 5.74) is 3.65. The molecule has 174 valence electrons. The van der Waals surface area contributed by atoms with Crippen LogP contribution < -0.4 is 10.6 Å². The lowest BCUT2D eigenvalue weighted by Gasteiger charge is -2.16. The lowest BCUT2D eigenvalue weighted by atomic mass is 9.98. The van der Waals surface area contributed by atoms with Gasteiger partial charge in [0.15, 0.2) is 5.82 Å². The molecule has 8 heteroatoms. The van der Waals surface area contributed by atoms with E-state index in [1.807, 2.05) is 48.5 Å². The van der Waals surface area contributed by atoms with Gasteiger partial charge in [-0.05, 0) is 40.8 Å². The lowest BCUT2D eigenvalue weighted by Crippen LogP contribution is -2.40. The molecule has 1 atom stereocenters. The molecule has 3 N–H and O–H groups in total. The summed E-state index contributed by atoms with van der Waals surface area (Å²) in [7, 11) is 0. The highest BCUT2D eigenvalue weighted by Gasteiger charge is 2.29.